The van der Waals surface area contributed by atoms with E-state index in [-0.39, 0.29) is 5.54 Å². The zero-order valence-electron chi connectivity index (χ0n) is 10.2. The molecule has 0 fully saturated rings. The molecule has 2 heteroatoms. The molecule has 0 rings (SSSR count). The highest BCUT2D eigenvalue weighted by molar-refractivity contribution is 4.87. The first-order valence-corrected chi connectivity index (χ1v) is 5.22. The summed E-state index contributed by atoms with van der Waals surface area (Å²) in [4.78, 5) is 2.18. The van der Waals surface area contributed by atoms with Gasteiger partial charge >= 0.3 is 0 Å². The van der Waals surface area contributed by atoms with E-state index >= 15 is 0 Å². The van der Waals surface area contributed by atoms with Crippen molar-refractivity contribution in [3.05, 3.63) is 0 Å². The Bertz CT molecular complexity index is 185. The number of hydrogen-bond donors (Lipinski definition) is 1. The van der Waals surface area contributed by atoms with Gasteiger partial charge in [0.1, 0.15) is 0 Å². The molecule has 14 heavy (non-hydrogen) atoms. The Morgan fingerprint density at radius 2 is 2.00 bits per heavy atom. The molecule has 0 saturated heterocycles. The van der Waals surface area contributed by atoms with E-state index in [0.29, 0.717) is 5.92 Å². The van der Waals surface area contributed by atoms with Crippen LogP contribution < -0.4 is 5.32 Å². The summed E-state index contributed by atoms with van der Waals surface area (Å²) in [5.41, 5.74) is 0.207. The van der Waals surface area contributed by atoms with Gasteiger partial charge in [-0.05, 0) is 40.3 Å². The van der Waals surface area contributed by atoms with Gasteiger partial charge < -0.3 is 5.32 Å². The number of terminal acetylenes is 1. The van der Waals surface area contributed by atoms with E-state index in [2.05, 4.69) is 50.9 Å². The highest BCUT2D eigenvalue weighted by Crippen LogP contribution is 2.02. The van der Waals surface area contributed by atoms with Gasteiger partial charge in [-0.25, -0.2) is 0 Å². The Balaban J connectivity index is 3.66. The molecule has 0 aliphatic heterocycles. The predicted octanol–water partition coefficient (Wildman–Crippen LogP) is 1.58. The monoisotopic (exact) mass is 196 g/mol. The van der Waals surface area contributed by atoms with Crippen molar-refractivity contribution in [2.75, 3.05) is 26.7 Å². The lowest BCUT2D eigenvalue weighted by Crippen LogP contribution is -2.41. The molecule has 0 aromatic heterocycles. The van der Waals surface area contributed by atoms with Crippen LogP contribution in [0.1, 0.15) is 27.7 Å². The van der Waals surface area contributed by atoms with Crippen molar-refractivity contribution in [3.63, 3.8) is 0 Å². The lowest BCUT2D eigenvalue weighted by atomic mass is 10.1. The number of hydrogen-bond acceptors (Lipinski definition) is 2. The SMILES string of the molecule is C#CCN(C)CC(C)CNC(C)(C)C. The van der Waals surface area contributed by atoms with E-state index < -0.39 is 0 Å². The first kappa shape index (κ1) is 13.5. The molecule has 0 aliphatic carbocycles. The smallest absolute Gasteiger partial charge is 0.0596 e. The molecule has 82 valence electrons. The van der Waals surface area contributed by atoms with Gasteiger partial charge in [-0.3, -0.25) is 4.90 Å². The highest BCUT2D eigenvalue weighted by Gasteiger charge is 2.11. The molecule has 0 heterocycles. The second-order valence-electron chi connectivity index (χ2n) is 5.14. The van der Waals surface area contributed by atoms with Crippen LogP contribution in [0.4, 0.5) is 0 Å². The normalized spacial score (nSPS) is 14.1. The van der Waals surface area contributed by atoms with E-state index in [4.69, 9.17) is 6.42 Å². The molecule has 0 saturated carbocycles. The maximum atomic E-state index is 5.24. The van der Waals surface area contributed by atoms with Gasteiger partial charge in [0.05, 0.1) is 6.54 Å². The summed E-state index contributed by atoms with van der Waals surface area (Å²) in [5.74, 6) is 3.28. The van der Waals surface area contributed by atoms with Crippen molar-refractivity contribution >= 4 is 0 Å². The van der Waals surface area contributed by atoms with Crippen LogP contribution in [0.5, 0.6) is 0 Å². The summed E-state index contributed by atoms with van der Waals surface area (Å²) in [6.45, 7) is 11.6. The molecule has 0 aliphatic rings. The molecule has 0 aromatic carbocycles. The molecular formula is C12H24N2. The second-order valence-corrected chi connectivity index (χ2v) is 5.14. The van der Waals surface area contributed by atoms with Crippen LogP contribution in [0.3, 0.4) is 0 Å². The van der Waals surface area contributed by atoms with Crippen molar-refractivity contribution in [2.24, 2.45) is 5.92 Å². The van der Waals surface area contributed by atoms with Crippen molar-refractivity contribution < 1.29 is 0 Å². The fourth-order valence-electron chi connectivity index (χ4n) is 1.30. The van der Waals surface area contributed by atoms with Crippen LogP contribution in [-0.2, 0) is 0 Å². The van der Waals surface area contributed by atoms with Gasteiger partial charge in [-0.15, -0.1) is 6.42 Å². The maximum absolute atomic E-state index is 5.24. The maximum Gasteiger partial charge on any atom is 0.0596 e. The molecule has 2 nitrogen and oxygen atoms in total. The third-order valence-electron chi connectivity index (χ3n) is 1.97. The van der Waals surface area contributed by atoms with Gasteiger partial charge in [0.25, 0.3) is 0 Å². The van der Waals surface area contributed by atoms with Crippen LogP contribution in [-0.4, -0.2) is 37.1 Å². The van der Waals surface area contributed by atoms with Gasteiger partial charge in [0.15, 0.2) is 0 Å². The average molecular weight is 196 g/mol. The standard InChI is InChI=1S/C12H24N2/c1-7-8-14(6)10-11(2)9-13-12(3,4)5/h1,11,13H,8-10H2,2-6H3. The van der Waals surface area contributed by atoms with Crippen LogP contribution in [0.25, 0.3) is 0 Å². The van der Waals surface area contributed by atoms with E-state index in [0.717, 1.165) is 19.6 Å². The molecular weight excluding hydrogens is 172 g/mol. The van der Waals surface area contributed by atoms with Crippen molar-refractivity contribution in [1.82, 2.24) is 10.2 Å². The summed E-state index contributed by atoms with van der Waals surface area (Å²) in [5, 5.41) is 3.49. The van der Waals surface area contributed by atoms with E-state index in [1.54, 1.807) is 0 Å². The molecule has 0 radical (unpaired) electrons. The van der Waals surface area contributed by atoms with Gasteiger partial charge in [0.2, 0.25) is 0 Å². The number of nitrogens with one attached hydrogen (secondary N) is 1. The molecule has 1 N–H and O–H groups in total. The predicted molar refractivity (Wildman–Crippen MR) is 63.2 cm³/mol. The first-order chi connectivity index (χ1) is 6.35. The summed E-state index contributed by atoms with van der Waals surface area (Å²) in [7, 11) is 2.06. The second kappa shape index (κ2) is 6.06. The summed E-state index contributed by atoms with van der Waals surface area (Å²) >= 11 is 0. The minimum absolute atomic E-state index is 0.207. The third-order valence-corrected chi connectivity index (χ3v) is 1.97. The van der Waals surface area contributed by atoms with E-state index in [1.807, 2.05) is 0 Å². The highest BCUT2D eigenvalue weighted by atomic mass is 15.1. The van der Waals surface area contributed by atoms with E-state index in [1.165, 1.54) is 0 Å². The topological polar surface area (TPSA) is 15.3 Å². The lowest BCUT2D eigenvalue weighted by Gasteiger charge is -2.25. The van der Waals surface area contributed by atoms with Crippen LogP contribution in [0, 0.1) is 18.3 Å². The molecule has 0 aromatic rings. The molecule has 1 atom stereocenters. The van der Waals surface area contributed by atoms with Crippen LogP contribution in [0.15, 0.2) is 0 Å². The quantitative estimate of drug-likeness (QED) is 0.672. The Kier molecular flexibility index (Phi) is 5.83. The summed E-state index contributed by atoms with van der Waals surface area (Å²) in [6, 6.07) is 0. The molecule has 0 spiro atoms. The number of rotatable bonds is 5. The Labute approximate surface area is 89.1 Å². The Morgan fingerprint density at radius 1 is 1.43 bits per heavy atom. The zero-order chi connectivity index (χ0) is 11.2. The van der Waals surface area contributed by atoms with Crippen LogP contribution in [0.2, 0.25) is 0 Å². The van der Waals surface area contributed by atoms with Crippen molar-refractivity contribution in [2.45, 2.75) is 33.2 Å². The zero-order valence-corrected chi connectivity index (χ0v) is 10.2. The van der Waals surface area contributed by atoms with Gasteiger partial charge in [-0.1, -0.05) is 12.8 Å². The van der Waals surface area contributed by atoms with Crippen molar-refractivity contribution in [3.8, 4) is 12.3 Å². The van der Waals surface area contributed by atoms with Crippen LogP contribution >= 0.6 is 0 Å². The molecule has 1 unspecified atom stereocenters. The lowest BCUT2D eigenvalue weighted by molar-refractivity contribution is 0.289. The van der Waals surface area contributed by atoms with E-state index in [9.17, 15) is 0 Å². The number of nitrogens with zero attached hydrogens (tertiary/aromatic N) is 1. The average Bonchev–Trinajstić information content (AvgIpc) is 2.00. The summed E-state index contributed by atoms with van der Waals surface area (Å²) < 4.78 is 0. The molecule has 0 amide bonds. The van der Waals surface area contributed by atoms with Gasteiger partial charge in [-0.2, -0.15) is 0 Å². The van der Waals surface area contributed by atoms with Gasteiger partial charge in [0, 0.05) is 12.1 Å². The minimum atomic E-state index is 0.207. The van der Waals surface area contributed by atoms with Crippen molar-refractivity contribution in [1.29, 1.82) is 0 Å². The fourth-order valence-corrected chi connectivity index (χ4v) is 1.30. The Hall–Kier alpha value is -0.520. The fraction of sp³-hybridized carbons (Fsp3) is 0.833. The largest absolute Gasteiger partial charge is 0.312 e. The third kappa shape index (κ3) is 8.10. The first-order valence-electron chi connectivity index (χ1n) is 5.22. The molecule has 0 bridgehead atoms. The minimum Gasteiger partial charge on any atom is -0.312 e. The Morgan fingerprint density at radius 3 is 2.43 bits per heavy atom. The summed E-state index contributed by atoms with van der Waals surface area (Å²) in [6.07, 6.45) is 5.24.